The Hall–Kier alpha value is -3.54. The van der Waals surface area contributed by atoms with Gasteiger partial charge in [-0.1, -0.05) is 60.2 Å². The van der Waals surface area contributed by atoms with Gasteiger partial charge in [-0.2, -0.15) is 13.2 Å². The number of nitrogens with one attached hydrogen (secondary N) is 1. The van der Waals surface area contributed by atoms with Crippen molar-refractivity contribution in [1.29, 1.82) is 0 Å². The lowest BCUT2D eigenvalue weighted by molar-refractivity contribution is -0.137. The van der Waals surface area contributed by atoms with Gasteiger partial charge in [0, 0.05) is 38.4 Å². The number of ether oxygens (including phenoxy) is 1. The third kappa shape index (κ3) is 8.00. The van der Waals surface area contributed by atoms with Crippen LogP contribution in [0.25, 0.3) is 6.08 Å². The molecule has 212 valence electrons. The van der Waals surface area contributed by atoms with Crippen molar-refractivity contribution in [3.63, 3.8) is 0 Å². The number of alkyl halides is 3. The van der Waals surface area contributed by atoms with E-state index in [0.29, 0.717) is 19.2 Å². The van der Waals surface area contributed by atoms with E-state index in [-0.39, 0.29) is 33.9 Å². The van der Waals surface area contributed by atoms with Crippen LogP contribution in [-0.4, -0.2) is 63.5 Å². The first kappa shape index (κ1) is 29.4. The smallest absolute Gasteiger partial charge is 0.416 e. The molecule has 1 aliphatic rings. The zero-order valence-corrected chi connectivity index (χ0v) is 22.8. The lowest BCUT2D eigenvalue weighted by Crippen LogP contribution is -2.49. The molecule has 0 radical (unpaired) electrons. The van der Waals surface area contributed by atoms with E-state index in [1.54, 1.807) is 4.90 Å². The Morgan fingerprint density at radius 1 is 0.975 bits per heavy atom. The second kappa shape index (κ2) is 12.8. The van der Waals surface area contributed by atoms with Gasteiger partial charge in [-0.3, -0.25) is 14.4 Å². The van der Waals surface area contributed by atoms with Gasteiger partial charge in [-0.15, -0.1) is 0 Å². The van der Waals surface area contributed by atoms with Crippen LogP contribution in [-0.2, 0) is 21.0 Å². The topological polar surface area (TPSA) is 78.9 Å². The lowest BCUT2D eigenvalue weighted by Gasteiger charge is -2.34. The SMILES string of the molecule is O=C(COc1ccc(S(=O)(=O)Nc2cccc(C(F)(F)F)c2)cc1Cl)N1CCN(C/C=C/c2ccccc2)CC1. The Labute approximate surface area is 235 Å². The average Bonchev–Trinajstić information content (AvgIpc) is 2.92. The molecule has 0 aliphatic carbocycles. The summed E-state index contributed by atoms with van der Waals surface area (Å²) in [5, 5.41) is -0.0604. The van der Waals surface area contributed by atoms with Crippen LogP contribution >= 0.6 is 11.6 Å². The monoisotopic (exact) mass is 593 g/mol. The molecule has 4 rings (SSSR count). The Morgan fingerprint density at radius 2 is 1.70 bits per heavy atom. The highest BCUT2D eigenvalue weighted by Crippen LogP contribution is 2.32. The van der Waals surface area contributed by atoms with E-state index >= 15 is 0 Å². The number of piperazine rings is 1. The van der Waals surface area contributed by atoms with Gasteiger partial charge < -0.3 is 9.64 Å². The van der Waals surface area contributed by atoms with E-state index < -0.39 is 21.8 Å². The number of amides is 1. The highest BCUT2D eigenvalue weighted by molar-refractivity contribution is 7.92. The number of carbonyl (C=O) groups excluding carboxylic acids is 1. The molecule has 3 aromatic rings. The third-order valence-electron chi connectivity index (χ3n) is 6.21. The summed E-state index contributed by atoms with van der Waals surface area (Å²) in [6, 6.07) is 17.5. The van der Waals surface area contributed by atoms with Crippen LogP contribution in [0.2, 0.25) is 5.02 Å². The molecule has 1 heterocycles. The molecule has 0 saturated carbocycles. The van der Waals surface area contributed by atoms with Gasteiger partial charge >= 0.3 is 6.18 Å². The molecule has 1 aliphatic heterocycles. The van der Waals surface area contributed by atoms with Gasteiger partial charge in [0.25, 0.3) is 15.9 Å². The first-order chi connectivity index (χ1) is 19.0. The molecule has 7 nitrogen and oxygen atoms in total. The van der Waals surface area contributed by atoms with Gasteiger partial charge in [-0.05, 0) is 42.0 Å². The van der Waals surface area contributed by atoms with Gasteiger partial charge in [-0.25, -0.2) is 8.42 Å². The van der Waals surface area contributed by atoms with Gasteiger partial charge in [0.05, 0.1) is 15.5 Å². The number of carbonyl (C=O) groups is 1. The highest BCUT2D eigenvalue weighted by atomic mass is 35.5. The van der Waals surface area contributed by atoms with Crippen LogP contribution in [0.5, 0.6) is 5.75 Å². The fourth-order valence-electron chi connectivity index (χ4n) is 4.05. The molecule has 0 atom stereocenters. The maximum absolute atomic E-state index is 12.9. The third-order valence-corrected chi connectivity index (χ3v) is 7.88. The molecule has 1 N–H and O–H groups in total. The molecule has 1 saturated heterocycles. The molecular weight excluding hydrogens is 567 g/mol. The minimum Gasteiger partial charge on any atom is -0.482 e. The minimum atomic E-state index is -4.62. The summed E-state index contributed by atoms with van der Waals surface area (Å²) in [6.45, 7) is 3.04. The van der Waals surface area contributed by atoms with Crippen molar-refractivity contribution >= 4 is 39.3 Å². The largest absolute Gasteiger partial charge is 0.482 e. The molecule has 40 heavy (non-hydrogen) atoms. The van der Waals surface area contributed by atoms with Crippen molar-refractivity contribution < 1.29 is 31.1 Å². The Bertz CT molecular complexity index is 1460. The molecule has 0 unspecified atom stereocenters. The van der Waals surface area contributed by atoms with Crippen LogP contribution in [0.3, 0.4) is 0 Å². The molecule has 1 fully saturated rings. The number of rotatable bonds is 9. The van der Waals surface area contributed by atoms with Gasteiger partial charge in [0.2, 0.25) is 0 Å². The Morgan fingerprint density at radius 3 is 2.38 bits per heavy atom. The number of nitrogens with zero attached hydrogens (tertiary/aromatic N) is 2. The van der Waals surface area contributed by atoms with Crippen molar-refractivity contribution in [3.05, 3.63) is 95.0 Å². The molecule has 1 amide bonds. The number of anilines is 1. The lowest BCUT2D eigenvalue weighted by atomic mass is 10.2. The molecular formula is C28H27ClF3N3O4S. The first-order valence-electron chi connectivity index (χ1n) is 12.4. The van der Waals surface area contributed by atoms with Crippen LogP contribution in [0.4, 0.5) is 18.9 Å². The summed E-state index contributed by atoms with van der Waals surface area (Å²) in [7, 11) is -4.23. The van der Waals surface area contributed by atoms with Crippen molar-refractivity contribution in [3.8, 4) is 5.75 Å². The maximum Gasteiger partial charge on any atom is 0.416 e. The fraction of sp³-hybridized carbons (Fsp3) is 0.250. The molecule has 12 heteroatoms. The van der Waals surface area contributed by atoms with Crippen molar-refractivity contribution in [2.75, 3.05) is 44.1 Å². The predicted molar refractivity (Wildman–Crippen MR) is 148 cm³/mol. The van der Waals surface area contributed by atoms with Gasteiger partial charge in [0.15, 0.2) is 6.61 Å². The average molecular weight is 594 g/mol. The zero-order chi connectivity index (χ0) is 28.8. The van der Waals surface area contributed by atoms with Gasteiger partial charge in [0.1, 0.15) is 5.75 Å². The van der Waals surface area contributed by atoms with E-state index in [0.717, 1.165) is 43.4 Å². The standard InChI is InChI=1S/C28H27ClF3N3O4S/c29-25-19-24(40(37,38)33-23-10-4-9-22(18-23)28(30,31)32)11-12-26(25)39-20-27(36)35-16-14-34(15-17-35)13-5-8-21-6-2-1-3-7-21/h1-12,18-19,33H,13-17,20H2/b8-5+. The van der Waals surface area contributed by atoms with E-state index in [1.165, 1.54) is 18.2 Å². The van der Waals surface area contributed by atoms with E-state index in [1.807, 2.05) is 30.3 Å². The zero-order valence-electron chi connectivity index (χ0n) is 21.3. The summed E-state index contributed by atoms with van der Waals surface area (Å²) in [6.07, 6.45) is -0.460. The van der Waals surface area contributed by atoms with E-state index in [2.05, 4.69) is 21.8 Å². The molecule has 3 aromatic carbocycles. The Balaban J connectivity index is 1.27. The second-order valence-electron chi connectivity index (χ2n) is 9.06. The van der Waals surface area contributed by atoms with Crippen LogP contribution < -0.4 is 9.46 Å². The van der Waals surface area contributed by atoms with Crippen molar-refractivity contribution in [2.24, 2.45) is 0 Å². The minimum absolute atomic E-state index is 0.0604. The fourth-order valence-corrected chi connectivity index (χ4v) is 5.43. The van der Waals surface area contributed by atoms with Crippen molar-refractivity contribution in [1.82, 2.24) is 9.80 Å². The molecule has 0 aromatic heterocycles. The molecule has 0 spiro atoms. The van der Waals surface area contributed by atoms with Crippen molar-refractivity contribution in [2.45, 2.75) is 11.1 Å². The normalized spacial score (nSPS) is 14.8. The number of hydrogen-bond acceptors (Lipinski definition) is 5. The van der Waals surface area contributed by atoms with Crippen LogP contribution in [0, 0.1) is 0 Å². The van der Waals surface area contributed by atoms with E-state index in [9.17, 15) is 26.4 Å². The van der Waals surface area contributed by atoms with Crippen LogP contribution in [0.15, 0.2) is 83.8 Å². The summed E-state index contributed by atoms with van der Waals surface area (Å²) >= 11 is 6.20. The van der Waals surface area contributed by atoms with E-state index in [4.69, 9.17) is 16.3 Å². The molecule has 0 bridgehead atoms. The number of benzene rings is 3. The summed E-state index contributed by atoms with van der Waals surface area (Å²) in [5.41, 5.74) is -0.102. The Kier molecular flexibility index (Phi) is 9.39. The summed E-state index contributed by atoms with van der Waals surface area (Å²) in [5.74, 6) is -0.115. The first-order valence-corrected chi connectivity index (χ1v) is 14.2. The quantitative estimate of drug-likeness (QED) is 0.360. The highest BCUT2D eigenvalue weighted by Gasteiger charge is 2.31. The number of hydrogen-bond donors (Lipinski definition) is 1. The maximum atomic E-state index is 12.9. The summed E-state index contributed by atoms with van der Waals surface area (Å²) in [4.78, 5) is 16.3. The number of sulfonamides is 1. The second-order valence-corrected chi connectivity index (χ2v) is 11.1. The van der Waals surface area contributed by atoms with Crippen LogP contribution in [0.1, 0.15) is 11.1 Å². The predicted octanol–water partition coefficient (Wildman–Crippen LogP) is 5.40. The number of halogens is 4. The summed E-state index contributed by atoms with van der Waals surface area (Å²) < 4.78 is 71.9.